The van der Waals surface area contributed by atoms with Crippen LogP contribution >= 0.6 is 23.1 Å². The van der Waals surface area contributed by atoms with Crippen LogP contribution in [0.3, 0.4) is 0 Å². The first kappa shape index (κ1) is 18.5. The van der Waals surface area contributed by atoms with Crippen LogP contribution in [0.25, 0.3) is 10.9 Å². The average molecular weight is 412 g/mol. The molecule has 0 bridgehead atoms. The Morgan fingerprint density at radius 1 is 1.18 bits per heavy atom. The zero-order valence-corrected chi connectivity index (χ0v) is 16.5. The number of carbonyl (C=O) groups is 1. The van der Waals surface area contributed by atoms with E-state index in [1.54, 1.807) is 40.4 Å². The quantitative estimate of drug-likeness (QED) is 0.372. The number of hydrogen-bond donors (Lipinski definition) is 1. The molecule has 3 heterocycles. The highest BCUT2D eigenvalue weighted by Crippen LogP contribution is 2.20. The van der Waals surface area contributed by atoms with Crippen LogP contribution in [0, 0.1) is 0 Å². The molecule has 0 unspecified atom stereocenters. The molecule has 0 saturated carbocycles. The summed E-state index contributed by atoms with van der Waals surface area (Å²) in [6.45, 7) is 0.768. The largest absolute Gasteiger partial charge is 0.467 e. The highest BCUT2D eigenvalue weighted by atomic mass is 32.2. The van der Waals surface area contributed by atoms with Gasteiger partial charge in [-0.3, -0.25) is 14.2 Å². The van der Waals surface area contributed by atoms with Crippen molar-refractivity contribution in [1.29, 1.82) is 0 Å². The van der Waals surface area contributed by atoms with Gasteiger partial charge in [0.05, 0.1) is 36.0 Å². The van der Waals surface area contributed by atoms with Crippen molar-refractivity contribution < 1.29 is 9.21 Å². The number of benzene rings is 1. The third-order valence-corrected chi connectivity index (χ3v) is 5.93. The minimum atomic E-state index is -0.147. The van der Waals surface area contributed by atoms with Gasteiger partial charge in [0.15, 0.2) is 5.16 Å². The lowest BCUT2D eigenvalue weighted by atomic mass is 10.2. The fraction of sp³-hybridized carbons (Fsp3) is 0.150. The summed E-state index contributed by atoms with van der Waals surface area (Å²) in [5.41, 5.74) is 0.533. The predicted octanol–water partition coefficient (Wildman–Crippen LogP) is 3.51. The van der Waals surface area contributed by atoms with Gasteiger partial charge in [-0.05, 0) is 35.7 Å². The molecule has 1 aromatic carbocycles. The van der Waals surface area contributed by atoms with Gasteiger partial charge in [0.2, 0.25) is 5.91 Å². The number of para-hydroxylation sites is 1. The number of amides is 1. The van der Waals surface area contributed by atoms with Gasteiger partial charge in [-0.1, -0.05) is 30.0 Å². The molecule has 142 valence electrons. The minimum absolute atomic E-state index is 0.0995. The van der Waals surface area contributed by atoms with Crippen LogP contribution in [0.4, 0.5) is 0 Å². The molecule has 4 aromatic rings. The summed E-state index contributed by atoms with van der Waals surface area (Å²) in [5.74, 6) is 0.707. The second kappa shape index (κ2) is 8.45. The highest BCUT2D eigenvalue weighted by molar-refractivity contribution is 7.99. The van der Waals surface area contributed by atoms with E-state index in [1.807, 2.05) is 35.7 Å². The first-order valence-corrected chi connectivity index (χ1v) is 10.5. The molecule has 0 saturated heterocycles. The van der Waals surface area contributed by atoms with Crippen molar-refractivity contribution in [3.05, 3.63) is 81.2 Å². The van der Waals surface area contributed by atoms with Gasteiger partial charge in [0, 0.05) is 4.88 Å². The third kappa shape index (κ3) is 4.18. The minimum Gasteiger partial charge on any atom is -0.467 e. The fourth-order valence-corrected chi connectivity index (χ4v) is 4.26. The predicted molar refractivity (Wildman–Crippen MR) is 111 cm³/mol. The van der Waals surface area contributed by atoms with Gasteiger partial charge >= 0.3 is 0 Å². The Balaban J connectivity index is 1.56. The average Bonchev–Trinajstić information content (AvgIpc) is 3.41. The summed E-state index contributed by atoms with van der Waals surface area (Å²) in [4.78, 5) is 30.9. The third-order valence-electron chi connectivity index (χ3n) is 4.09. The van der Waals surface area contributed by atoms with Crippen molar-refractivity contribution in [2.24, 2.45) is 0 Å². The van der Waals surface area contributed by atoms with E-state index in [9.17, 15) is 9.59 Å². The van der Waals surface area contributed by atoms with Crippen LogP contribution in [0.1, 0.15) is 10.6 Å². The normalized spacial score (nSPS) is 11.0. The molecule has 0 spiro atoms. The molecule has 3 aromatic heterocycles. The number of nitrogens with one attached hydrogen (secondary N) is 1. The zero-order valence-electron chi connectivity index (χ0n) is 14.8. The van der Waals surface area contributed by atoms with Crippen LogP contribution in [0.15, 0.2) is 74.5 Å². The summed E-state index contributed by atoms with van der Waals surface area (Å²) in [7, 11) is 0. The monoisotopic (exact) mass is 411 g/mol. The zero-order chi connectivity index (χ0) is 19.3. The number of furan rings is 1. The number of fused-ring (bicyclic) bond motifs is 1. The molecule has 6 nitrogen and oxygen atoms in total. The van der Waals surface area contributed by atoms with Crippen molar-refractivity contribution in [3.8, 4) is 0 Å². The Morgan fingerprint density at radius 2 is 2.07 bits per heavy atom. The maximum Gasteiger partial charge on any atom is 0.262 e. The van der Waals surface area contributed by atoms with Gasteiger partial charge in [0.25, 0.3) is 5.56 Å². The van der Waals surface area contributed by atoms with E-state index < -0.39 is 0 Å². The van der Waals surface area contributed by atoms with Crippen LogP contribution < -0.4 is 10.9 Å². The summed E-state index contributed by atoms with van der Waals surface area (Å²) in [6, 6.07) is 14.8. The van der Waals surface area contributed by atoms with Crippen LogP contribution in [0.5, 0.6) is 0 Å². The van der Waals surface area contributed by atoms with Crippen LogP contribution in [-0.4, -0.2) is 21.2 Å². The van der Waals surface area contributed by atoms with E-state index in [-0.39, 0.29) is 17.2 Å². The standard InChI is InChI=1S/C20H17N3O3S2/c24-18(21-11-14-5-3-9-26-14)13-28-20-22-17-8-2-1-7-16(17)19(25)23(20)12-15-6-4-10-27-15/h1-10H,11-13H2,(H,21,24). The SMILES string of the molecule is O=C(CSc1nc2ccccc2c(=O)n1Cc1cccs1)NCc1ccco1. The topological polar surface area (TPSA) is 77.1 Å². The Hall–Kier alpha value is -2.84. The number of thioether (sulfide) groups is 1. The summed E-state index contributed by atoms with van der Waals surface area (Å²) in [6.07, 6.45) is 1.57. The van der Waals surface area contributed by atoms with Crippen molar-refractivity contribution in [1.82, 2.24) is 14.9 Å². The summed E-state index contributed by atoms with van der Waals surface area (Å²) >= 11 is 2.84. The number of carbonyl (C=O) groups excluding carboxylic acids is 1. The van der Waals surface area contributed by atoms with Crippen molar-refractivity contribution in [2.75, 3.05) is 5.75 Å². The molecule has 1 amide bonds. The molecule has 0 atom stereocenters. The van der Waals surface area contributed by atoms with Gasteiger partial charge in [-0.25, -0.2) is 4.98 Å². The molecular formula is C20H17N3O3S2. The van der Waals surface area contributed by atoms with Gasteiger partial charge in [-0.2, -0.15) is 0 Å². The maximum absolute atomic E-state index is 13.0. The van der Waals surface area contributed by atoms with Gasteiger partial charge in [0.1, 0.15) is 5.76 Å². The maximum atomic E-state index is 13.0. The number of hydrogen-bond acceptors (Lipinski definition) is 6. The Bertz CT molecular complexity index is 1140. The van der Waals surface area contributed by atoms with Crippen molar-refractivity contribution in [2.45, 2.75) is 18.2 Å². The molecule has 4 rings (SSSR count). The summed E-state index contributed by atoms with van der Waals surface area (Å²) < 4.78 is 6.85. The van der Waals surface area contributed by atoms with Gasteiger partial charge < -0.3 is 9.73 Å². The van der Waals surface area contributed by atoms with E-state index in [1.165, 1.54) is 11.8 Å². The van der Waals surface area contributed by atoms with Crippen molar-refractivity contribution >= 4 is 39.9 Å². The van der Waals surface area contributed by atoms with Crippen LogP contribution in [-0.2, 0) is 17.9 Å². The number of rotatable bonds is 7. The van der Waals surface area contributed by atoms with E-state index >= 15 is 0 Å². The lowest BCUT2D eigenvalue weighted by molar-refractivity contribution is -0.118. The smallest absolute Gasteiger partial charge is 0.262 e. The van der Waals surface area contributed by atoms with E-state index in [0.29, 0.717) is 34.9 Å². The first-order chi connectivity index (χ1) is 13.7. The molecule has 0 aliphatic rings. The number of thiophene rings is 1. The van der Waals surface area contributed by atoms with E-state index in [0.717, 1.165) is 4.88 Å². The fourth-order valence-electron chi connectivity index (χ4n) is 2.74. The van der Waals surface area contributed by atoms with Gasteiger partial charge in [-0.15, -0.1) is 11.3 Å². The van der Waals surface area contributed by atoms with E-state index in [4.69, 9.17) is 4.42 Å². The lowest BCUT2D eigenvalue weighted by Gasteiger charge is -2.12. The molecule has 28 heavy (non-hydrogen) atoms. The molecule has 1 N–H and O–H groups in total. The molecular weight excluding hydrogens is 394 g/mol. The Morgan fingerprint density at radius 3 is 2.86 bits per heavy atom. The first-order valence-electron chi connectivity index (χ1n) is 8.64. The highest BCUT2D eigenvalue weighted by Gasteiger charge is 2.14. The number of nitrogens with zero attached hydrogens (tertiary/aromatic N) is 2. The van der Waals surface area contributed by atoms with Crippen LogP contribution in [0.2, 0.25) is 0 Å². The second-order valence-corrected chi connectivity index (χ2v) is 8.00. The molecule has 8 heteroatoms. The second-order valence-electron chi connectivity index (χ2n) is 6.03. The molecule has 0 radical (unpaired) electrons. The molecule has 0 aliphatic heterocycles. The molecule has 0 aliphatic carbocycles. The molecule has 0 fully saturated rings. The van der Waals surface area contributed by atoms with E-state index in [2.05, 4.69) is 10.3 Å². The Kier molecular flexibility index (Phi) is 5.59. The lowest BCUT2D eigenvalue weighted by Crippen LogP contribution is -2.26. The summed E-state index contributed by atoms with van der Waals surface area (Å²) in [5, 5.41) is 5.89. The Labute approximate surface area is 169 Å². The number of aromatic nitrogens is 2. The van der Waals surface area contributed by atoms with Crippen molar-refractivity contribution in [3.63, 3.8) is 0 Å².